The molecule has 0 bridgehead atoms. The monoisotopic (exact) mass is 445 g/mol. The average Bonchev–Trinajstić information content (AvgIpc) is 2.84. The molecule has 0 atom stereocenters. The number of carbonyl (C=O) groups is 1. The van der Waals surface area contributed by atoms with Crippen LogP contribution >= 0.6 is 11.6 Å². The van der Waals surface area contributed by atoms with Crippen molar-refractivity contribution in [2.75, 3.05) is 7.11 Å². The number of aromatic nitrogens is 2. The van der Waals surface area contributed by atoms with Crippen molar-refractivity contribution in [3.63, 3.8) is 0 Å². The average molecular weight is 446 g/mol. The molecule has 7 heteroatoms. The van der Waals surface area contributed by atoms with Crippen LogP contribution in [-0.4, -0.2) is 23.0 Å². The van der Waals surface area contributed by atoms with E-state index in [0.717, 1.165) is 22.4 Å². The summed E-state index contributed by atoms with van der Waals surface area (Å²) in [5.74, 6) is 1.19. The van der Waals surface area contributed by atoms with Crippen molar-refractivity contribution in [2.24, 2.45) is 0 Å². The van der Waals surface area contributed by atoms with Crippen LogP contribution in [0.3, 0.4) is 0 Å². The fourth-order valence-electron chi connectivity index (χ4n) is 2.99. The van der Waals surface area contributed by atoms with Gasteiger partial charge in [-0.25, -0.2) is 9.97 Å². The first-order valence-corrected chi connectivity index (χ1v) is 10.3. The van der Waals surface area contributed by atoms with E-state index in [1.807, 2.05) is 24.3 Å². The lowest BCUT2D eigenvalue weighted by Crippen LogP contribution is -2.22. The number of methoxy groups -OCH3 is 1. The minimum absolute atomic E-state index is 0.165. The number of benzene rings is 3. The Hall–Kier alpha value is -3.90. The van der Waals surface area contributed by atoms with Gasteiger partial charge in [0.2, 0.25) is 0 Å². The van der Waals surface area contributed by atoms with Gasteiger partial charge in [0.15, 0.2) is 0 Å². The molecule has 0 aliphatic rings. The van der Waals surface area contributed by atoms with E-state index in [0.29, 0.717) is 22.9 Å². The number of hydrogen-bond acceptors (Lipinski definition) is 5. The lowest BCUT2D eigenvalue weighted by molar-refractivity contribution is 0.0951. The molecule has 0 aliphatic heterocycles. The van der Waals surface area contributed by atoms with E-state index in [2.05, 4.69) is 15.3 Å². The number of ether oxygens (including phenoxy) is 2. The maximum atomic E-state index is 12.6. The number of carbonyl (C=O) groups excluding carboxylic acids is 1. The number of amides is 1. The summed E-state index contributed by atoms with van der Waals surface area (Å²) in [6.45, 7) is 0.417. The molecule has 1 aromatic heterocycles. The van der Waals surface area contributed by atoms with Crippen LogP contribution in [0.25, 0.3) is 11.1 Å². The van der Waals surface area contributed by atoms with Crippen LogP contribution in [0.5, 0.6) is 17.5 Å². The van der Waals surface area contributed by atoms with E-state index in [9.17, 15) is 4.79 Å². The molecule has 1 N–H and O–H groups in total. The van der Waals surface area contributed by atoms with Crippen molar-refractivity contribution in [1.29, 1.82) is 0 Å². The van der Waals surface area contributed by atoms with Crippen LogP contribution in [0, 0.1) is 0 Å². The van der Waals surface area contributed by atoms with Crippen LogP contribution in [0.15, 0.2) is 85.2 Å². The number of rotatable bonds is 7. The molecule has 0 fully saturated rings. The van der Waals surface area contributed by atoms with Crippen LogP contribution in [0.2, 0.25) is 5.02 Å². The maximum Gasteiger partial charge on any atom is 0.321 e. The van der Waals surface area contributed by atoms with Gasteiger partial charge in [-0.15, -0.1) is 0 Å². The normalized spacial score (nSPS) is 10.4. The molecular weight excluding hydrogens is 426 g/mol. The Bertz CT molecular complexity index is 1190. The third kappa shape index (κ3) is 5.42. The van der Waals surface area contributed by atoms with Crippen LogP contribution in [0.4, 0.5) is 0 Å². The molecule has 160 valence electrons. The molecule has 0 spiro atoms. The molecule has 4 rings (SSSR count). The highest BCUT2D eigenvalue weighted by Crippen LogP contribution is 2.24. The molecule has 0 radical (unpaired) electrons. The highest BCUT2D eigenvalue weighted by molar-refractivity contribution is 6.30. The van der Waals surface area contributed by atoms with Crippen LogP contribution < -0.4 is 14.8 Å². The summed E-state index contributed by atoms with van der Waals surface area (Å²) in [4.78, 5) is 21.1. The molecule has 3 aromatic carbocycles. The summed E-state index contributed by atoms with van der Waals surface area (Å²) in [6.07, 6.45) is 3.33. The number of nitrogens with one attached hydrogen (secondary N) is 1. The second-order valence-electron chi connectivity index (χ2n) is 6.92. The molecule has 0 saturated carbocycles. The summed E-state index contributed by atoms with van der Waals surface area (Å²) >= 11 is 5.90. The first-order valence-electron chi connectivity index (χ1n) is 9.88. The fraction of sp³-hybridized carbons (Fsp3) is 0.0800. The number of hydrogen-bond donors (Lipinski definition) is 1. The Morgan fingerprint density at radius 1 is 0.906 bits per heavy atom. The first kappa shape index (κ1) is 21.3. The highest BCUT2D eigenvalue weighted by Gasteiger charge is 2.09. The van der Waals surface area contributed by atoms with Crippen molar-refractivity contribution in [2.45, 2.75) is 6.54 Å². The molecule has 1 heterocycles. The van der Waals surface area contributed by atoms with E-state index in [4.69, 9.17) is 21.1 Å². The Kier molecular flexibility index (Phi) is 6.63. The summed E-state index contributed by atoms with van der Waals surface area (Å²) in [7, 11) is 1.61. The quantitative estimate of drug-likeness (QED) is 0.405. The Morgan fingerprint density at radius 2 is 1.59 bits per heavy atom. The van der Waals surface area contributed by atoms with E-state index in [1.165, 1.54) is 0 Å². The molecule has 0 aliphatic carbocycles. The predicted octanol–water partition coefficient (Wildman–Crippen LogP) is 5.53. The lowest BCUT2D eigenvalue weighted by atomic mass is 10.1. The second-order valence-corrected chi connectivity index (χ2v) is 7.36. The smallest absolute Gasteiger partial charge is 0.321 e. The standard InChI is InChI=1S/C25H20ClN3O3/c1-31-22-9-11-23(12-10-22)32-25-28-15-20(16-29-25)18-3-2-4-19(13-18)24(30)27-14-17-5-7-21(26)8-6-17/h2-13,15-16H,14H2,1H3,(H,27,30). The van der Waals surface area contributed by atoms with Crippen LogP contribution in [0.1, 0.15) is 15.9 Å². The number of nitrogens with zero attached hydrogens (tertiary/aromatic N) is 2. The summed E-state index contributed by atoms with van der Waals surface area (Å²) in [5, 5.41) is 3.58. The van der Waals surface area contributed by atoms with E-state index >= 15 is 0 Å². The SMILES string of the molecule is COc1ccc(Oc2ncc(-c3cccc(C(=O)NCc4ccc(Cl)cc4)c3)cn2)cc1. The van der Waals surface area contributed by atoms with Crippen molar-refractivity contribution in [1.82, 2.24) is 15.3 Å². The Labute approximate surface area is 190 Å². The zero-order valence-corrected chi connectivity index (χ0v) is 18.0. The summed E-state index contributed by atoms with van der Waals surface area (Å²) in [5.41, 5.74) is 3.13. The minimum atomic E-state index is -0.165. The van der Waals surface area contributed by atoms with Crippen molar-refractivity contribution in [3.8, 4) is 28.6 Å². The second kappa shape index (κ2) is 9.94. The van der Waals surface area contributed by atoms with Crippen molar-refractivity contribution in [3.05, 3.63) is 101 Å². The zero-order valence-electron chi connectivity index (χ0n) is 17.3. The Balaban J connectivity index is 1.41. The van der Waals surface area contributed by atoms with E-state index < -0.39 is 0 Å². The van der Waals surface area contributed by atoms with Gasteiger partial charge in [-0.2, -0.15) is 0 Å². The fourth-order valence-corrected chi connectivity index (χ4v) is 3.12. The maximum absolute atomic E-state index is 12.6. The van der Waals surface area contributed by atoms with Gasteiger partial charge < -0.3 is 14.8 Å². The van der Waals surface area contributed by atoms with Crippen molar-refractivity contribution >= 4 is 17.5 Å². The lowest BCUT2D eigenvalue weighted by Gasteiger charge is -2.08. The van der Waals surface area contributed by atoms with E-state index in [1.54, 1.807) is 68.0 Å². The van der Waals surface area contributed by atoms with Crippen molar-refractivity contribution < 1.29 is 14.3 Å². The molecule has 32 heavy (non-hydrogen) atoms. The van der Waals surface area contributed by atoms with Gasteiger partial charge in [0.05, 0.1) is 7.11 Å². The first-order chi connectivity index (χ1) is 15.6. The van der Waals surface area contributed by atoms with Gasteiger partial charge in [0.1, 0.15) is 11.5 Å². The molecule has 6 nitrogen and oxygen atoms in total. The zero-order chi connectivity index (χ0) is 22.3. The Morgan fingerprint density at radius 3 is 2.28 bits per heavy atom. The van der Waals surface area contributed by atoms with Crippen LogP contribution in [-0.2, 0) is 6.54 Å². The van der Waals surface area contributed by atoms with Gasteiger partial charge in [-0.05, 0) is 59.7 Å². The van der Waals surface area contributed by atoms with Gasteiger partial charge in [0.25, 0.3) is 5.91 Å². The number of halogens is 1. The summed E-state index contributed by atoms with van der Waals surface area (Å²) in [6, 6.07) is 22.0. The van der Waals surface area contributed by atoms with Gasteiger partial charge in [-0.3, -0.25) is 4.79 Å². The summed E-state index contributed by atoms with van der Waals surface area (Å²) < 4.78 is 10.8. The third-order valence-corrected chi connectivity index (χ3v) is 4.97. The minimum Gasteiger partial charge on any atom is -0.497 e. The topological polar surface area (TPSA) is 73.3 Å². The predicted molar refractivity (Wildman–Crippen MR) is 123 cm³/mol. The van der Waals surface area contributed by atoms with Gasteiger partial charge in [-0.1, -0.05) is 35.9 Å². The third-order valence-electron chi connectivity index (χ3n) is 4.72. The molecule has 0 unspecified atom stereocenters. The van der Waals surface area contributed by atoms with Gasteiger partial charge >= 0.3 is 6.01 Å². The molecule has 0 saturated heterocycles. The molecular formula is C25H20ClN3O3. The molecule has 1 amide bonds. The largest absolute Gasteiger partial charge is 0.497 e. The van der Waals surface area contributed by atoms with Gasteiger partial charge in [0, 0.05) is 35.1 Å². The molecule has 4 aromatic rings. The van der Waals surface area contributed by atoms with E-state index in [-0.39, 0.29) is 11.9 Å². The highest BCUT2D eigenvalue weighted by atomic mass is 35.5.